The molecule has 1 aromatic carbocycles. The first-order chi connectivity index (χ1) is 12.6. The van der Waals surface area contributed by atoms with E-state index in [-0.39, 0.29) is 5.91 Å². The molecule has 4 rings (SSSR count). The highest BCUT2D eigenvalue weighted by atomic mass is 32.1. The highest BCUT2D eigenvalue weighted by Gasteiger charge is 2.23. The molecule has 2 aromatic heterocycles. The molecule has 0 saturated carbocycles. The first-order valence-corrected chi connectivity index (χ1v) is 9.78. The van der Waals surface area contributed by atoms with Gasteiger partial charge in [0.05, 0.1) is 10.3 Å². The lowest BCUT2D eigenvalue weighted by Crippen LogP contribution is -2.22. The molecule has 0 spiro atoms. The molecule has 1 N–H and O–H groups in total. The molecule has 0 aliphatic carbocycles. The predicted molar refractivity (Wildman–Crippen MR) is 106 cm³/mol. The van der Waals surface area contributed by atoms with E-state index in [1.165, 1.54) is 29.7 Å². The average molecular weight is 366 g/mol. The fourth-order valence-corrected chi connectivity index (χ4v) is 4.47. The zero-order chi connectivity index (χ0) is 18.1. The Labute approximate surface area is 157 Å². The van der Waals surface area contributed by atoms with Crippen molar-refractivity contribution in [2.75, 3.05) is 18.0 Å². The number of fused-ring (bicyclic) bond motifs is 1. The number of thiophene rings is 1. The molecule has 1 fully saturated rings. The van der Waals surface area contributed by atoms with Gasteiger partial charge in [-0.25, -0.2) is 9.97 Å². The van der Waals surface area contributed by atoms with Gasteiger partial charge in [0.25, 0.3) is 5.91 Å². The third-order valence-corrected chi connectivity index (χ3v) is 6.09. The molecule has 0 unspecified atom stereocenters. The number of anilines is 1. The van der Waals surface area contributed by atoms with Crippen LogP contribution in [0.1, 0.15) is 39.2 Å². The fraction of sp³-hybridized carbons (Fsp3) is 0.350. The molecule has 0 bridgehead atoms. The number of carbonyl (C=O) groups excluding carboxylic acids is 1. The van der Waals surface area contributed by atoms with E-state index >= 15 is 0 Å². The SMILES string of the molecule is Cc1ccc(CNC(=O)c2sc3ncnc(N4CCCC4)c3c2C)cc1. The van der Waals surface area contributed by atoms with E-state index in [0.29, 0.717) is 6.54 Å². The molecule has 1 saturated heterocycles. The highest BCUT2D eigenvalue weighted by Crippen LogP contribution is 2.35. The van der Waals surface area contributed by atoms with Crippen LogP contribution in [0, 0.1) is 13.8 Å². The van der Waals surface area contributed by atoms with E-state index in [1.54, 1.807) is 6.33 Å². The second-order valence-corrected chi connectivity index (χ2v) is 7.80. The van der Waals surface area contributed by atoms with Crippen molar-refractivity contribution in [3.8, 4) is 0 Å². The molecule has 1 aliphatic rings. The van der Waals surface area contributed by atoms with Crippen molar-refractivity contribution in [3.05, 3.63) is 52.2 Å². The molecule has 0 radical (unpaired) electrons. The lowest BCUT2D eigenvalue weighted by Gasteiger charge is -2.17. The van der Waals surface area contributed by atoms with E-state index in [1.807, 2.05) is 19.1 Å². The summed E-state index contributed by atoms with van der Waals surface area (Å²) < 4.78 is 0. The quantitative estimate of drug-likeness (QED) is 0.762. The molecule has 1 amide bonds. The second kappa shape index (κ2) is 7.03. The van der Waals surface area contributed by atoms with Crippen molar-refractivity contribution in [1.82, 2.24) is 15.3 Å². The summed E-state index contributed by atoms with van der Waals surface area (Å²) in [5, 5.41) is 4.06. The van der Waals surface area contributed by atoms with E-state index in [9.17, 15) is 4.79 Å². The Kier molecular flexibility index (Phi) is 4.59. The maximum Gasteiger partial charge on any atom is 0.261 e. The second-order valence-electron chi connectivity index (χ2n) is 6.80. The number of hydrogen-bond donors (Lipinski definition) is 1. The predicted octanol–water partition coefficient (Wildman–Crippen LogP) is 3.84. The summed E-state index contributed by atoms with van der Waals surface area (Å²) in [4.78, 5) is 25.6. The molecule has 0 atom stereocenters. The Morgan fingerprint density at radius 1 is 1.15 bits per heavy atom. The number of amides is 1. The number of carbonyl (C=O) groups is 1. The molecule has 3 aromatic rings. The van der Waals surface area contributed by atoms with Crippen LogP contribution in [0.3, 0.4) is 0 Å². The van der Waals surface area contributed by atoms with Crippen LogP contribution in [0.4, 0.5) is 5.82 Å². The molecule has 3 heterocycles. The average Bonchev–Trinajstić information content (AvgIpc) is 3.29. The van der Waals surface area contributed by atoms with Gasteiger partial charge >= 0.3 is 0 Å². The van der Waals surface area contributed by atoms with Gasteiger partial charge in [0.15, 0.2) is 0 Å². The summed E-state index contributed by atoms with van der Waals surface area (Å²) in [5.41, 5.74) is 3.29. The normalized spacial score (nSPS) is 14.2. The Hall–Kier alpha value is -2.47. The van der Waals surface area contributed by atoms with Crippen LogP contribution in [0.15, 0.2) is 30.6 Å². The van der Waals surface area contributed by atoms with Gasteiger partial charge < -0.3 is 10.2 Å². The van der Waals surface area contributed by atoms with E-state index in [4.69, 9.17) is 0 Å². The van der Waals surface area contributed by atoms with Crippen molar-refractivity contribution in [2.24, 2.45) is 0 Å². The number of nitrogens with one attached hydrogen (secondary N) is 1. The van der Waals surface area contributed by atoms with Gasteiger partial charge in [-0.05, 0) is 37.8 Å². The van der Waals surface area contributed by atoms with Gasteiger partial charge in [-0.2, -0.15) is 0 Å². The molecule has 6 heteroatoms. The summed E-state index contributed by atoms with van der Waals surface area (Å²) in [6, 6.07) is 8.21. The fourth-order valence-electron chi connectivity index (χ4n) is 3.41. The lowest BCUT2D eigenvalue weighted by molar-refractivity contribution is 0.0954. The molecular weight excluding hydrogens is 344 g/mol. The summed E-state index contributed by atoms with van der Waals surface area (Å²) in [6.45, 7) is 6.63. The first kappa shape index (κ1) is 17.0. The standard InChI is InChI=1S/C20H22N4OS/c1-13-5-7-15(8-6-13)11-21-19(25)17-14(2)16-18(24-9-3-4-10-24)22-12-23-20(16)26-17/h5-8,12H,3-4,9-11H2,1-2H3,(H,21,25). The Morgan fingerprint density at radius 3 is 2.62 bits per heavy atom. The number of nitrogens with zero attached hydrogens (tertiary/aromatic N) is 3. The Bertz CT molecular complexity index is 942. The smallest absolute Gasteiger partial charge is 0.261 e. The zero-order valence-electron chi connectivity index (χ0n) is 15.1. The maximum atomic E-state index is 12.7. The number of aryl methyl sites for hydroxylation is 2. The Morgan fingerprint density at radius 2 is 1.88 bits per heavy atom. The van der Waals surface area contributed by atoms with Crippen molar-refractivity contribution in [3.63, 3.8) is 0 Å². The van der Waals surface area contributed by atoms with Gasteiger partial charge in [-0.1, -0.05) is 29.8 Å². The molecular formula is C20H22N4OS. The largest absolute Gasteiger partial charge is 0.356 e. The minimum absolute atomic E-state index is 0.0431. The van der Waals surface area contributed by atoms with Gasteiger partial charge in [-0.15, -0.1) is 11.3 Å². The summed E-state index contributed by atoms with van der Waals surface area (Å²) in [5.74, 6) is 0.928. The van der Waals surface area contributed by atoms with Crippen molar-refractivity contribution >= 4 is 33.3 Å². The summed E-state index contributed by atoms with van der Waals surface area (Å²) in [6.07, 6.45) is 4.00. The minimum Gasteiger partial charge on any atom is -0.356 e. The monoisotopic (exact) mass is 366 g/mol. The maximum absolute atomic E-state index is 12.7. The van der Waals surface area contributed by atoms with Gasteiger partial charge in [0, 0.05) is 19.6 Å². The van der Waals surface area contributed by atoms with Crippen LogP contribution in [-0.2, 0) is 6.54 Å². The van der Waals surface area contributed by atoms with Crippen LogP contribution in [0.25, 0.3) is 10.2 Å². The summed E-state index contributed by atoms with van der Waals surface area (Å²) in [7, 11) is 0. The minimum atomic E-state index is -0.0431. The molecule has 134 valence electrons. The number of hydrogen-bond acceptors (Lipinski definition) is 5. The summed E-state index contributed by atoms with van der Waals surface area (Å²) >= 11 is 1.45. The van der Waals surface area contributed by atoms with Gasteiger partial charge in [-0.3, -0.25) is 4.79 Å². The zero-order valence-corrected chi connectivity index (χ0v) is 15.9. The van der Waals surface area contributed by atoms with Gasteiger partial charge in [0.2, 0.25) is 0 Å². The van der Waals surface area contributed by atoms with Crippen LogP contribution in [0.5, 0.6) is 0 Å². The number of aromatic nitrogens is 2. The van der Waals surface area contributed by atoms with Crippen molar-refractivity contribution in [2.45, 2.75) is 33.2 Å². The first-order valence-electron chi connectivity index (χ1n) is 8.96. The van der Waals surface area contributed by atoms with Crippen LogP contribution in [-0.4, -0.2) is 29.0 Å². The topological polar surface area (TPSA) is 58.1 Å². The number of benzene rings is 1. The lowest BCUT2D eigenvalue weighted by atomic mass is 10.1. The van der Waals surface area contributed by atoms with Crippen molar-refractivity contribution in [1.29, 1.82) is 0 Å². The highest BCUT2D eigenvalue weighted by molar-refractivity contribution is 7.20. The third-order valence-electron chi connectivity index (χ3n) is 4.89. The van der Waals surface area contributed by atoms with E-state index in [2.05, 4.69) is 39.2 Å². The Balaban J connectivity index is 1.59. The van der Waals surface area contributed by atoms with E-state index < -0.39 is 0 Å². The number of rotatable bonds is 4. The molecule has 26 heavy (non-hydrogen) atoms. The molecule has 1 aliphatic heterocycles. The van der Waals surface area contributed by atoms with Gasteiger partial charge in [0.1, 0.15) is 17.0 Å². The van der Waals surface area contributed by atoms with Crippen LogP contribution >= 0.6 is 11.3 Å². The van der Waals surface area contributed by atoms with E-state index in [0.717, 1.165) is 45.1 Å². The van der Waals surface area contributed by atoms with Crippen molar-refractivity contribution < 1.29 is 4.79 Å². The molecule has 5 nitrogen and oxygen atoms in total. The van der Waals surface area contributed by atoms with Crippen LogP contribution < -0.4 is 10.2 Å². The third kappa shape index (κ3) is 3.17. The van der Waals surface area contributed by atoms with Crippen LogP contribution in [0.2, 0.25) is 0 Å².